The van der Waals surface area contributed by atoms with Gasteiger partial charge in [-0.1, -0.05) is 9.61 Å². The Balaban J connectivity index is 1.68. The zero-order valence-electron chi connectivity index (χ0n) is 11.0. The van der Waals surface area contributed by atoms with E-state index in [1.165, 1.54) is 19.3 Å². The minimum absolute atomic E-state index is 0.257. The van der Waals surface area contributed by atoms with Crippen molar-refractivity contribution in [2.45, 2.75) is 50.3 Å². The third kappa shape index (κ3) is 1.87. The lowest BCUT2D eigenvalue weighted by Gasteiger charge is -2.61. The van der Waals surface area contributed by atoms with E-state index in [0.29, 0.717) is 5.69 Å². The largest absolute Gasteiger partial charge is 0.591 e. The smallest absolute Gasteiger partial charge is 0.144 e. The zero-order valence-corrected chi connectivity index (χ0v) is 11.8. The molecular weight excluding hydrogens is 248 g/mol. The van der Waals surface area contributed by atoms with Crippen molar-refractivity contribution in [3.05, 3.63) is 11.9 Å². The predicted molar refractivity (Wildman–Crippen MR) is 70.8 cm³/mol. The highest BCUT2D eigenvalue weighted by Gasteiger charge is 2.58. The standard InChI is InChI=1S/C12H18N4OS/c1-11(2,3)18(17)13-7-10-8-16(15-14-10)12-4-9(5-12)6-12/h7-9H,4-6H2,1-3H3. The van der Waals surface area contributed by atoms with Gasteiger partial charge in [0, 0.05) is 0 Å². The number of nitrogens with zero attached hydrogens (tertiary/aromatic N) is 4. The summed E-state index contributed by atoms with van der Waals surface area (Å²) in [4.78, 5) is 0. The number of hydrogen-bond donors (Lipinski definition) is 0. The quantitative estimate of drug-likeness (QED) is 0.617. The number of rotatable bonds is 3. The van der Waals surface area contributed by atoms with Crippen LogP contribution < -0.4 is 0 Å². The van der Waals surface area contributed by atoms with Gasteiger partial charge in [-0.2, -0.15) is 0 Å². The highest BCUT2D eigenvalue weighted by Crippen LogP contribution is 2.61. The first-order valence-electron chi connectivity index (χ1n) is 6.28. The van der Waals surface area contributed by atoms with Gasteiger partial charge in [0.2, 0.25) is 0 Å². The average Bonchev–Trinajstić information content (AvgIpc) is 2.56. The van der Waals surface area contributed by atoms with Gasteiger partial charge in [-0.3, -0.25) is 0 Å². The summed E-state index contributed by atoms with van der Waals surface area (Å²) in [5, 5.41) is 8.24. The summed E-state index contributed by atoms with van der Waals surface area (Å²) in [6, 6.07) is 0. The fraction of sp³-hybridized carbons (Fsp3) is 0.750. The molecule has 0 amide bonds. The maximum Gasteiger partial charge on any atom is 0.144 e. The van der Waals surface area contributed by atoms with Crippen LogP contribution >= 0.6 is 0 Å². The summed E-state index contributed by atoms with van der Waals surface area (Å²) in [5.74, 6) is 0.916. The molecule has 0 aromatic carbocycles. The first-order valence-corrected chi connectivity index (χ1v) is 7.39. The van der Waals surface area contributed by atoms with Crippen molar-refractivity contribution in [2.75, 3.05) is 0 Å². The van der Waals surface area contributed by atoms with E-state index in [4.69, 9.17) is 0 Å². The molecule has 1 unspecified atom stereocenters. The van der Waals surface area contributed by atoms with Crippen molar-refractivity contribution in [1.82, 2.24) is 15.0 Å². The minimum atomic E-state index is -1.24. The minimum Gasteiger partial charge on any atom is -0.591 e. The van der Waals surface area contributed by atoms with Crippen molar-refractivity contribution >= 4 is 17.6 Å². The van der Waals surface area contributed by atoms with Crippen molar-refractivity contribution in [3.8, 4) is 0 Å². The molecule has 4 rings (SSSR count). The van der Waals surface area contributed by atoms with Crippen LogP contribution in [-0.4, -0.2) is 30.5 Å². The SMILES string of the molecule is CC(C)(C)[S+]([O-])N=Cc1cn(C23CC(C2)C3)nn1. The first-order chi connectivity index (χ1) is 8.39. The first kappa shape index (κ1) is 12.2. The van der Waals surface area contributed by atoms with Crippen LogP contribution in [0.3, 0.4) is 0 Å². The molecule has 0 aliphatic heterocycles. The van der Waals surface area contributed by atoms with Gasteiger partial charge < -0.3 is 4.55 Å². The molecule has 6 heteroatoms. The summed E-state index contributed by atoms with van der Waals surface area (Å²) < 4.78 is 17.5. The van der Waals surface area contributed by atoms with E-state index in [1.807, 2.05) is 31.6 Å². The molecule has 1 aromatic rings. The molecule has 3 fully saturated rings. The Hall–Kier alpha value is -0.880. The van der Waals surface area contributed by atoms with Gasteiger partial charge in [0.15, 0.2) is 0 Å². The highest BCUT2D eigenvalue weighted by molar-refractivity contribution is 7.91. The van der Waals surface area contributed by atoms with Crippen molar-refractivity contribution in [3.63, 3.8) is 0 Å². The Morgan fingerprint density at radius 2 is 2.17 bits per heavy atom. The van der Waals surface area contributed by atoms with Gasteiger partial charge in [-0.15, -0.1) is 5.10 Å². The molecule has 1 aromatic heterocycles. The molecule has 3 aliphatic carbocycles. The van der Waals surface area contributed by atoms with Crippen molar-refractivity contribution in [1.29, 1.82) is 0 Å². The number of hydrogen-bond acceptors (Lipinski definition) is 4. The third-order valence-electron chi connectivity index (χ3n) is 3.81. The summed E-state index contributed by atoms with van der Waals surface area (Å²) in [6.07, 6.45) is 7.19. The molecular formula is C12H18N4OS. The highest BCUT2D eigenvalue weighted by atomic mass is 32.2. The van der Waals surface area contributed by atoms with Gasteiger partial charge in [-0.25, -0.2) is 4.68 Å². The predicted octanol–water partition coefficient (Wildman–Crippen LogP) is 1.67. The lowest BCUT2D eigenvalue weighted by Crippen LogP contribution is -2.59. The van der Waals surface area contributed by atoms with E-state index in [2.05, 4.69) is 14.7 Å². The van der Waals surface area contributed by atoms with Crippen LogP contribution in [0.4, 0.5) is 0 Å². The van der Waals surface area contributed by atoms with Crippen LogP contribution in [0.5, 0.6) is 0 Å². The summed E-state index contributed by atoms with van der Waals surface area (Å²) in [5.41, 5.74) is 0.949. The van der Waals surface area contributed by atoms with E-state index < -0.39 is 11.4 Å². The third-order valence-corrected chi connectivity index (χ3v) is 5.15. The van der Waals surface area contributed by atoms with E-state index in [1.54, 1.807) is 6.21 Å². The Bertz CT molecular complexity index is 473. The fourth-order valence-corrected chi connectivity index (χ4v) is 3.06. The normalized spacial score (nSPS) is 32.1. The van der Waals surface area contributed by atoms with Gasteiger partial charge in [0.1, 0.15) is 28.0 Å². The molecule has 1 heterocycles. The molecule has 5 nitrogen and oxygen atoms in total. The van der Waals surface area contributed by atoms with Gasteiger partial charge in [0.25, 0.3) is 0 Å². The second-order valence-electron chi connectivity index (χ2n) is 6.39. The van der Waals surface area contributed by atoms with Crippen LogP contribution in [0, 0.1) is 5.92 Å². The molecule has 0 radical (unpaired) electrons. The summed E-state index contributed by atoms with van der Waals surface area (Å²) in [7, 11) is 0. The van der Waals surface area contributed by atoms with E-state index >= 15 is 0 Å². The monoisotopic (exact) mass is 266 g/mol. The maximum atomic E-state index is 11.8. The molecule has 0 N–H and O–H groups in total. The number of aromatic nitrogens is 3. The lowest BCUT2D eigenvalue weighted by molar-refractivity contribution is -0.0988. The van der Waals surface area contributed by atoms with E-state index in [9.17, 15) is 4.55 Å². The molecule has 0 saturated heterocycles. The van der Waals surface area contributed by atoms with Crippen molar-refractivity contribution < 1.29 is 4.55 Å². The van der Waals surface area contributed by atoms with Gasteiger partial charge in [-0.05, 0) is 46.0 Å². The second kappa shape index (κ2) is 3.81. The molecule has 0 spiro atoms. The molecule has 2 bridgehead atoms. The van der Waals surface area contributed by atoms with Crippen LogP contribution in [0.15, 0.2) is 10.6 Å². The van der Waals surface area contributed by atoms with E-state index in [0.717, 1.165) is 5.92 Å². The Labute approximate surface area is 110 Å². The topological polar surface area (TPSA) is 66.1 Å². The van der Waals surface area contributed by atoms with Crippen LogP contribution in [0.25, 0.3) is 0 Å². The zero-order chi connectivity index (χ0) is 13.0. The van der Waals surface area contributed by atoms with Crippen LogP contribution in [-0.2, 0) is 16.9 Å². The van der Waals surface area contributed by atoms with Crippen molar-refractivity contribution in [2.24, 2.45) is 10.3 Å². The average molecular weight is 266 g/mol. The van der Waals surface area contributed by atoms with Crippen LogP contribution in [0.1, 0.15) is 45.7 Å². The maximum absolute atomic E-state index is 11.8. The van der Waals surface area contributed by atoms with Gasteiger partial charge >= 0.3 is 0 Å². The molecule has 1 atom stereocenters. The Morgan fingerprint density at radius 3 is 2.67 bits per heavy atom. The molecule has 18 heavy (non-hydrogen) atoms. The van der Waals surface area contributed by atoms with Crippen LogP contribution in [0.2, 0.25) is 0 Å². The molecule has 3 saturated carbocycles. The molecule has 98 valence electrons. The lowest BCUT2D eigenvalue weighted by atomic mass is 9.50. The van der Waals surface area contributed by atoms with E-state index in [-0.39, 0.29) is 10.3 Å². The second-order valence-corrected chi connectivity index (χ2v) is 8.32. The summed E-state index contributed by atoms with van der Waals surface area (Å²) >= 11 is -1.24. The molecule has 3 aliphatic rings. The fourth-order valence-electron chi connectivity index (χ4n) is 2.54. The van der Waals surface area contributed by atoms with Gasteiger partial charge in [0.05, 0.1) is 11.7 Å². The Morgan fingerprint density at radius 1 is 1.50 bits per heavy atom. The Kier molecular flexibility index (Phi) is 2.57. The summed E-state index contributed by atoms with van der Waals surface area (Å²) in [6.45, 7) is 5.71.